The van der Waals surface area contributed by atoms with E-state index in [-0.39, 0.29) is 0 Å². The first kappa shape index (κ1) is 16.5. The highest BCUT2D eigenvalue weighted by Crippen LogP contribution is 2.34. The van der Waals surface area contributed by atoms with Gasteiger partial charge >= 0.3 is 0 Å². The first-order valence-electron chi connectivity index (χ1n) is 7.14. The van der Waals surface area contributed by atoms with Crippen molar-refractivity contribution in [3.63, 3.8) is 0 Å². The van der Waals surface area contributed by atoms with Gasteiger partial charge in [0.05, 0.1) is 5.54 Å². The molecule has 112 valence electrons. The topological polar surface area (TPSA) is 26.0 Å². The Bertz CT molecular complexity index is 635. The summed E-state index contributed by atoms with van der Waals surface area (Å²) >= 11 is 9.81. The molecule has 0 spiro atoms. The molecule has 0 amide bonds. The third-order valence-corrected chi connectivity index (χ3v) is 4.47. The van der Waals surface area contributed by atoms with E-state index in [2.05, 4.69) is 54.0 Å². The molecule has 0 aliphatic heterocycles. The van der Waals surface area contributed by atoms with Crippen molar-refractivity contribution in [2.75, 3.05) is 0 Å². The maximum Gasteiger partial charge on any atom is 0.0651 e. The number of rotatable bonds is 4. The average Bonchev–Trinajstić information content (AvgIpc) is 2.37. The lowest BCUT2D eigenvalue weighted by Gasteiger charge is -2.28. The van der Waals surface area contributed by atoms with Crippen LogP contribution in [0.15, 0.2) is 46.9 Å². The van der Waals surface area contributed by atoms with E-state index in [1.54, 1.807) is 0 Å². The third-order valence-electron chi connectivity index (χ3n) is 3.66. The number of hydrogen-bond donors (Lipinski definition) is 1. The minimum Gasteiger partial charge on any atom is -0.318 e. The molecule has 3 heteroatoms. The summed E-state index contributed by atoms with van der Waals surface area (Å²) in [5.74, 6) is 0.626. The van der Waals surface area contributed by atoms with Gasteiger partial charge in [-0.05, 0) is 48.1 Å². The van der Waals surface area contributed by atoms with Crippen LogP contribution in [0.5, 0.6) is 0 Å². The molecule has 1 nitrogen and oxygen atoms in total. The van der Waals surface area contributed by atoms with Crippen LogP contribution in [0.4, 0.5) is 0 Å². The summed E-state index contributed by atoms with van der Waals surface area (Å²) in [5.41, 5.74) is 9.34. The Labute approximate surface area is 140 Å². The summed E-state index contributed by atoms with van der Waals surface area (Å²) in [6.07, 6.45) is 1.05. The van der Waals surface area contributed by atoms with Crippen LogP contribution in [0.3, 0.4) is 0 Å². The molecule has 21 heavy (non-hydrogen) atoms. The minimum atomic E-state index is -0.606. The van der Waals surface area contributed by atoms with Crippen molar-refractivity contribution >= 4 is 27.5 Å². The van der Waals surface area contributed by atoms with E-state index in [0.717, 1.165) is 22.0 Å². The molecule has 0 heterocycles. The van der Waals surface area contributed by atoms with Crippen LogP contribution >= 0.6 is 27.5 Å². The summed E-state index contributed by atoms with van der Waals surface area (Å²) in [6.45, 7) is 6.45. The quantitative estimate of drug-likeness (QED) is 0.757. The summed E-state index contributed by atoms with van der Waals surface area (Å²) in [6, 6.07) is 14.3. The van der Waals surface area contributed by atoms with Crippen molar-refractivity contribution in [1.29, 1.82) is 0 Å². The second kappa shape index (κ2) is 6.51. The molecule has 0 saturated carbocycles. The van der Waals surface area contributed by atoms with Crippen molar-refractivity contribution in [1.82, 2.24) is 0 Å². The molecule has 1 unspecified atom stereocenters. The van der Waals surface area contributed by atoms with Gasteiger partial charge in [0.25, 0.3) is 0 Å². The predicted octanol–water partition coefficient (Wildman–Crippen LogP) is 5.52. The summed E-state index contributed by atoms with van der Waals surface area (Å²) < 4.78 is 0.959. The molecule has 0 bridgehead atoms. The van der Waals surface area contributed by atoms with Gasteiger partial charge in [0, 0.05) is 9.50 Å². The maximum atomic E-state index is 6.61. The van der Waals surface area contributed by atoms with Gasteiger partial charge in [-0.1, -0.05) is 71.7 Å². The van der Waals surface area contributed by atoms with Crippen molar-refractivity contribution in [2.45, 2.75) is 32.7 Å². The van der Waals surface area contributed by atoms with E-state index >= 15 is 0 Å². The summed E-state index contributed by atoms with van der Waals surface area (Å²) in [4.78, 5) is 0. The molecule has 0 fully saturated rings. The molecule has 2 N–H and O–H groups in total. The van der Waals surface area contributed by atoms with Gasteiger partial charge in [-0.25, -0.2) is 0 Å². The van der Waals surface area contributed by atoms with Gasteiger partial charge in [0.15, 0.2) is 0 Å². The van der Waals surface area contributed by atoms with Gasteiger partial charge in [0.2, 0.25) is 0 Å². The van der Waals surface area contributed by atoms with Crippen LogP contribution in [-0.2, 0) is 12.0 Å². The number of halogens is 2. The minimum absolute atomic E-state index is 0.606. The van der Waals surface area contributed by atoms with E-state index in [9.17, 15) is 0 Å². The zero-order valence-corrected chi connectivity index (χ0v) is 15.0. The van der Waals surface area contributed by atoms with Crippen LogP contribution in [-0.4, -0.2) is 0 Å². The second-order valence-corrected chi connectivity index (χ2v) is 7.45. The van der Waals surface area contributed by atoms with Crippen LogP contribution in [0.1, 0.15) is 37.5 Å². The fourth-order valence-corrected chi connectivity index (χ4v) is 3.43. The lowest BCUT2D eigenvalue weighted by Crippen LogP contribution is -2.34. The van der Waals surface area contributed by atoms with Crippen molar-refractivity contribution in [3.8, 4) is 0 Å². The molecule has 0 aromatic heterocycles. The zero-order chi connectivity index (χ0) is 15.6. The van der Waals surface area contributed by atoms with E-state index in [1.165, 1.54) is 5.56 Å². The van der Waals surface area contributed by atoms with Crippen LogP contribution in [0.2, 0.25) is 5.02 Å². The first-order valence-corrected chi connectivity index (χ1v) is 8.31. The molecule has 0 saturated heterocycles. The van der Waals surface area contributed by atoms with Gasteiger partial charge < -0.3 is 5.73 Å². The number of benzene rings is 2. The smallest absolute Gasteiger partial charge is 0.0651 e. The highest BCUT2D eigenvalue weighted by Gasteiger charge is 2.26. The zero-order valence-electron chi connectivity index (χ0n) is 12.7. The van der Waals surface area contributed by atoms with Gasteiger partial charge in [0.1, 0.15) is 0 Å². The predicted molar refractivity (Wildman–Crippen MR) is 94.8 cm³/mol. The Morgan fingerprint density at radius 3 is 2.52 bits per heavy atom. The normalized spacial score (nSPS) is 14.2. The second-order valence-electron chi connectivity index (χ2n) is 6.12. The van der Waals surface area contributed by atoms with E-state index in [0.29, 0.717) is 10.9 Å². The SMILES string of the molecule is CC(C)Cc1cccc(C(C)(N)c2ccc(Br)cc2Cl)c1. The molecule has 0 aliphatic rings. The molecule has 2 aromatic carbocycles. The molecular weight excluding hydrogens is 346 g/mol. The van der Waals surface area contributed by atoms with E-state index in [4.69, 9.17) is 17.3 Å². The fourth-order valence-electron chi connectivity index (χ4n) is 2.56. The largest absolute Gasteiger partial charge is 0.318 e. The lowest BCUT2D eigenvalue weighted by atomic mass is 9.84. The van der Waals surface area contributed by atoms with Crippen LogP contribution in [0.25, 0.3) is 0 Å². The average molecular weight is 367 g/mol. The van der Waals surface area contributed by atoms with Gasteiger partial charge in [-0.2, -0.15) is 0 Å². The Hall–Kier alpha value is -0.830. The van der Waals surface area contributed by atoms with E-state index < -0.39 is 5.54 Å². The highest BCUT2D eigenvalue weighted by atomic mass is 79.9. The van der Waals surface area contributed by atoms with Gasteiger partial charge in [-0.3, -0.25) is 0 Å². The fraction of sp³-hybridized carbons (Fsp3) is 0.333. The van der Waals surface area contributed by atoms with E-state index in [1.807, 2.05) is 25.1 Å². The monoisotopic (exact) mass is 365 g/mol. The molecule has 2 rings (SSSR count). The van der Waals surface area contributed by atoms with Crippen LogP contribution < -0.4 is 5.73 Å². The standard InChI is InChI=1S/C18H21BrClN/c1-12(2)9-13-5-4-6-14(10-13)18(3,21)16-8-7-15(19)11-17(16)20/h4-8,10-12H,9,21H2,1-3H3. The summed E-state index contributed by atoms with van der Waals surface area (Å²) in [7, 11) is 0. The first-order chi connectivity index (χ1) is 9.80. The Kier molecular flexibility index (Phi) is 5.13. The lowest BCUT2D eigenvalue weighted by molar-refractivity contribution is 0.598. The third kappa shape index (κ3) is 3.88. The van der Waals surface area contributed by atoms with Crippen molar-refractivity contribution < 1.29 is 0 Å². The Morgan fingerprint density at radius 1 is 1.19 bits per heavy atom. The molecule has 2 aromatic rings. The number of hydrogen-bond acceptors (Lipinski definition) is 1. The maximum absolute atomic E-state index is 6.61. The molecule has 0 aliphatic carbocycles. The molecule has 0 radical (unpaired) electrons. The Balaban J connectivity index is 2.43. The van der Waals surface area contributed by atoms with Crippen LogP contribution in [0, 0.1) is 5.92 Å². The van der Waals surface area contributed by atoms with Gasteiger partial charge in [-0.15, -0.1) is 0 Å². The molecule has 1 atom stereocenters. The molecular formula is C18H21BrClN. The summed E-state index contributed by atoms with van der Waals surface area (Å²) in [5, 5.41) is 0.684. The van der Waals surface area contributed by atoms with Crippen molar-refractivity contribution in [3.05, 3.63) is 68.7 Å². The van der Waals surface area contributed by atoms with Crippen molar-refractivity contribution in [2.24, 2.45) is 11.7 Å². The Morgan fingerprint density at radius 2 is 1.90 bits per heavy atom. The number of nitrogens with two attached hydrogens (primary N) is 1. The highest BCUT2D eigenvalue weighted by molar-refractivity contribution is 9.10.